The standard InChI is InChI=1S/C21H27FO6.C19H28O2/c1-18-6-5-12(24)7-11(18)3-4-13-14-8-15(25)21(28,17(27)10-23)19(14,2)9-16(26)20(13,18)22;1-18-9-7-13(20)11-12(18)3-4-14-15-5-6-17(21)19(15,2)10-8-16(14)18/h5-7,13-16,23,25-26,28H,3-4,8-10H2,1-2H3;3,13-16,20H,4-11H2,1-2H3/t13-,14-,15+,16-,18-,19-,20-,21-;13-,14-,15-,16-,18-,19-/m00/s1. The largest absolute Gasteiger partial charge is 0.393 e. The number of allylic oxidation sites excluding steroid dienone is 5. The molecule has 14 atom stereocenters. The molecule has 0 aliphatic heterocycles. The first-order valence-electron chi connectivity index (χ1n) is 18.7. The third-order valence-corrected chi connectivity index (χ3v) is 16.2. The maximum atomic E-state index is 16.8. The van der Waals surface area contributed by atoms with Crippen LogP contribution in [0.3, 0.4) is 0 Å². The normalized spacial score (nSPS) is 52.6. The molecule has 6 saturated carbocycles. The van der Waals surface area contributed by atoms with E-state index in [1.165, 1.54) is 30.2 Å². The lowest BCUT2D eigenvalue weighted by Crippen LogP contribution is -2.69. The van der Waals surface area contributed by atoms with Gasteiger partial charge >= 0.3 is 0 Å². The van der Waals surface area contributed by atoms with Crippen molar-refractivity contribution in [3.05, 3.63) is 35.5 Å². The number of hydrogen-bond donors (Lipinski definition) is 5. The van der Waals surface area contributed by atoms with E-state index in [9.17, 15) is 39.9 Å². The van der Waals surface area contributed by atoms with Gasteiger partial charge in [-0.2, -0.15) is 0 Å². The van der Waals surface area contributed by atoms with Gasteiger partial charge in [-0.05, 0) is 119 Å². The molecule has 0 aromatic carbocycles. The second kappa shape index (κ2) is 11.5. The first kappa shape index (κ1) is 35.4. The molecule has 49 heavy (non-hydrogen) atoms. The predicted octanol–water partition coefficient (Wildman–Crippen LogP) is 4.50. The third kappa shape index (κ3) is 4.53. The summed E-state index contributed by atoms with van der Waals surface area (Å²) in [6.45, 7) is 7.03. The zero-order valence-corrected chi connectivity index (χ0v) is 29.5. The summed E-state index contributed by atoms with van der Waals surface area (Å²) in [7, 11) is 0. The van der Waals surface area contributed by atoms with Crippen LogP contribution in [0.25, 0.3) is 0 Å². The van der Waals surface area contributed by atoms with Crippen molar-refractivity contribution in [1.29, 1.82) is 0 Å². The Hall–Kier alpha value is -2.04. The van der Waals surface area contributed by atoms with Gasteiger partial charge in [0.2, 0.25) is 0 Å². The van der Waals surface area contributed by atoms with Crippen LogP contribution in [0, 0.1) is 51.2 Å². The first-order chi connectivity index (χ1) is 22.9. The Bertz CT molecular complexity index is 1540. The molecule has 0 heterocycles. The molecule has 5 N–H and O–H groups in total. The van der Waals surface area contributed by atoms with Crippen LogP contribution in [-0.2, 0) is 14.4 Å². The van der Waals surface area contributed by atoms with Crippen molar-refractivity contribution in [1.82, 2.24) is 0 Å². The van der Waals surface area contributed by atoms with Crippen molar-refractivity contribution in [2.45, 2.75) is 134 Å². The van der Waals surface area contributed by atoms with E-state index in [-0.39, 0.29) is 30.1 Å². The van der Waals surface area contributed by atoms with Crippen LogP contribution < -0.4 is 0 Å². The van der Waals surface area contributed by atoms with Crippen LogP contribution in [0.5, 0.6) is 0 Å². The third-order valence-electron chi connectivity index (χ3n) is 16.2. The smallest absolute Gasteiger partial charge is 0.192 e. The second-order valence-corrected chi connectivity index (χ2v) is 17.9. The topological polar surface area (TPSA) is 152 Å². The van der Waals surface area contributed by atoms with Crippen LogP contribution in [0.1, 0.15) is 105 Å². The van der Waals surface area contributed by atoms with Crippen LogP contribution in [-0.4, -0.2) is 79.1 Å². The summed E-state index contributed by atoms with van der Waals surface area (Å²) in [5.74, 6) is 0.221. The molecule has 0 saturated heterocycles. The highest BCUT2D eigenvalue weighted by atomic mass is 19.1. The van der Waals surface area contributed by atoms with E-state index in [2.05, 4.69) is 19.9 Å². The van der Waals surface area contributed by atoms with Crippen molar-refractivity contribution in [3.8, 4) is 0 Å². The van der Waals surface area contributed by atoms with E-state index < -0.39 is 58.5 Å². The number of aliphatic hydroxyl groups excluding tert-OH is 4. The molecule has 0 unspecified atom stereocenters. The van der Waals surface area contributed by atoms with Gasteiger partial charge in [0.05, 0.1) is 18.3 Å². The number of aliphatic hydroxyl groups is 5. The van der Waals surface area contributed by atoms with Gasteiger partial charge in [0.25, 0.3) is 0 Å². The highest BCUT2D eigenvalue weighted by Gasteiger charge is 2.76. The van der Waals surface area contributed by atoms with E-state index in [1.807, 2.05) is 0 Å². The number of halogens is 1. The van der Waals surface area contributed by atoms with Gasteiger partial charge in [-0.25, -0.2) is 4.39 Å². The highest BCUT2D eigenvalue weighted by Crippen LogP contribution is 2.70. The maximum Gasteiger partial charge on any atom is 0.192 e. The van der Waals surface area contributed by atoms with Crippen LogP contribution in [0.2, 0.25) is 0 Å². The van der Waals surface area contributed by atoms with Gasteiger partial charge in [-0.3, -0.25) is 14.4 Å². The quantitative estimate of drug-likeness (QED) is 0.267. The molecule has 0 bridgehead atoms. The van der Waals surface area contributed by atoms with Gasteiger partial charge in [0.1, 0.15) is 12.4 Å². The van der Waals surface area contributed by atoms with Gasteiger partial charge in [-0.15, -0.1) is 0 Å². The summed E-state index contributed by atoms with van der Waals surface area (Å²) in [5.41, 5.74) is -4.31. The fourth-order valence-corrected chi connectivity index (χ4v) is 13.3. The Morgan fingerprint density at radius 1 is 0.878 bits per heavy atom. The second-order valence-electron chi connectivity index (χ2n) is 17.9. The van der Waals surface area contributed by atoms with E-state index in [4.69, 9.17) is 0 Å². The molecule has 0 aromatic heterocycles. The molecule has 0 aromatic rings. The minimum absolute atomic E-state index is 0.0135. The summed E-state index contributed by atoms with van der Waals surface area (Å²) < 4.78 is 16.8. The molecule has 270 valence electrons. The molecular weight excluding hydrogens is 627 g/mol. The molecule has 9 heteroatoms. The number of fused-ring (bicyclic) bond motifs is 10. The zero-order valence-electron chi connectivity index (χ0n) is 29.5. The number of carbonyl (C=O) groups excluding carboxylic acids is 3. The number of alkyl halides is 1. The summed E-state index contributed by atoms with van der Waals surface area (Å²) >= 11 is 0. The number of carbonyl (C=O) groups is 3. The maximum absolute atomic E-state index is 16.8. The molecule has 8 aliphatic rings. The van der Waals surface area contributed by atoms with Crippen molar-refractivity contribution in [3.63, 3.8) is 0 Å². The Morgan fingerprint density at radius 3 is 2.27 bits per heavy atom. The number of ketones is 3. The van der Waals surface area contributed by atoms with Crippen LogP contribution in [0.4, 0.5) is 4.39 Å². The lowest BCUT2D eigenvalue weighted by Gasteiger charge is -2.62. The molecule has 0 radical (unpaired) electrons. The monoisotopic (exact) mass is 682 g/mol. The minimum atomic E-state index is -2.23. The van der Waals surface area contributed by atoms with E-state index in [0.717, 1.165) is 50.9 Å². The predicted molar refractivity (Wildman–Crippen MR) is 180 cm³/mol. The van der Waals surface area contributed by atoms with E-state index >= 15 is 4.39 Å². The molecule has 8 aliphatic carbocycles. The average molecular weight is 683 g/mol. The lowest BCUT2D eigenvalue weighted by molar-refractivity contribution is -0.222. The van der Waals surface area contributed by atoms with Crippen molar-refractivity contribution in [2.75, 3.05) is 6.61 Å². The van der Waals surface area contributed by atoms with Gasteiger partial charge < -0.3 is 25.5 Å². The molecule has 8 rings (SSSR count). The van der Waals surface area contributed by atoms with Gasteiger partial charge in [-0.1, -0.05) is 44.1 Å². The van der Waals surface area contributed by atoms with Gasteiger partial charge in [0, 0.05) is 28.6 Å². The molecule has 0 amide bonds. The van der Waals surface area contributed by atoms with Crippen LogP contribution >= 0.6 is 0 Å². The fourth-order valence-electron chi connectivity index (χ4n) is 13.3. The van der Waals surface area contributed by atoms with Gasteiger partial charge in [0.15, 0.2) is 22.8 Å². The fraction of sp³-hybridized carbons (Fsp3) is 0.775. The number of Topliss-reactive ketones (excluding diaryl/α,β-unsaturated/α-hetero) is 2. The van der Waals surface area contributed by atoms with Crippen LogP contribution in [0.15, 0.2) is 35.5 Å². The summed E-state index contributed by atoms with van der Waals surface area (Å²) in [5, 5.41) is 52.1. The molecule has 0 spiro atoms. The van der Waals surface area contributed by atoms with Crippen molar-refractivity contribution in [2.24, 2.45) is 51.2 Å². The van der Waals surface area contributed by atoms with E-state index in [1.54, 1.807) is 13.8 Å². The Kier molecular flexibility index (Phi) is 8.29. The molecule has 8 nitrogen and oxygen atoms in total. The summed E-state index contributed by atoms with van der Waals surface area (Å²) in [6.07, 6.45) is 12.6. The Labute approximate surface area is 288 Å². The number of hydrogen-bond acceptors (Lipinski definition) is 8. The highest BCUT2D eigenvalue weighted by molar-refractivity contribution is 6.01. The Morgan fingerprint density at radius 2 is 1.55 bits per heavy atom. The van der Waals surface area contributed by atoms with Crippen molar-refractivity contribution < 1.29 is 44.3 Å². The Balaban J connectivity index is 0.000000160. The summed E-state index contributed by atoms with van der Waals surface area (Å²) in [6, 6.07) is 0. The summed E-state index contributed by atoms with van der Waals surface area (Å²) in [4.78, 5) is 36.5. The molecular formula is C40H55FO8. The molecule has 6 fully saturated rings. The number of rotatable bonds is 2. The SMILES string of the molecule is C[C@]12C=CC(=O)C=C1CC[C@H]1[C@@H]3C[C@@H](O)[C@](O)(C(=O)CO)[C@@]3(C)C[C@H](O)[C@@]12F.C[C@]12CC[C@H](O)CC1=CC[C@@H]1[C@@H]2CC[C@]2(C)C(=O)CC[C@@H]12. The lowest BCUT2D eigenvalue weighted by atomic mass is 9.44. The first-order valence-corrected chi connectivity index (χ1v) is 18.7. The average Bonchev–Trinajstić information content (AvgIpc) is 3.47. The zero-order chi connectivity index (χ0) is 35.5. The van der Waals surface area contributed by atoms with E-state index in [0.29, 0.717) is 41.4 Å². The van der Waals surface area contributed by atoms with Crippen molar-refractivity contribution >= 4 is 17.3 Å². The minimum Gasteiger partial charge on any atom is -0.393 e.